The number of nitrogens with zero attached hydrogens (tertiary/aromatic N) is 5. The summed E-state index contributed by atoms with van der Waals surface area (Å²) in [4.78, 5) is 47.8. The fourth-order valence-electron chi connectivity index (χ4n) is 6.06. The van der Waals surface area contributed by atoms with Crippen molar-refractivity contribution < 1.29 is 27.9 Å². The number of carbonyl (C=O) groups excluding carboxylic acids is 3. The lowest BCUT2D eigenvalue weighted by atomic mass is 9.97. The first-order valence-electron chi connectivity index (χ1n) is 16.6. The molecule has 1 atom stereocenters. The molecular weight excluding hydrogens is 682 g/mol. The molecule has 0 aliphatic carbocycles. The molecule has 2 amide bonds. The van der Waals surface area contributed by atoms with Gasteiger partial charge in [0.15, 0.2) is 23.7 Å². The van der Waals surface area contributed by atoms with Crippen LogP contribution in [0.3, 0.4) is 0 Å². The number of amides is 2. The Labute approximate surface area is 301 Å². The number of anilines is 1. The van der Waals surface area contributed by atoms with Crippen molar-refractivity contribution in [3.05, 3.63) is 75.8 Å². The van der Waals surface area contributed by atoms with Crippen LogP contribution in [0.2, 0.25) is 5.02 Å². The number of methoxy groups -OCH3 is 1. The number of piperazine rings is 1. The van der Waals surface area contributed by atoms with Crippen LogP contribution < -0.4 is 16.4 Å². The minimum atomic E-state index is -1.05. The Kier molecular flexibility index (Phi) is 13.8. The summed E-state index contributed by atoms with van der Waals surface area (Å²) in [7, 11) is 4.92. The molecule has 2 aliphatic rings. The minimum Gasteiger partial charge on any atom is -0.402 e. The van der Waals surface area contributed by atoms with Crippen molar-refractivity contribution in [1.29, 1.82) is 0 Å². The number of aromatic nitrogens is 2. The van der Waals surface area contributed by atoms with Gasteiger partial charge in [0, 0.05) is 81.2 Å². The number of nitrogens with one attached hydrogen (secondary N) is 2. The van der Waals surface area contributed by atoms with Gasteiger partial charge in [0.1, 0.15) is 0 Å². The average molecular weight is 727 g/mol. The summed E-state index contributed by atoms with van der Waals surface area (Å²) in [6.45, 7) is 7.23. The van der Waals surface area contributed by atoms with E-state index in [2.05, 4.69) is 20.6 Å². The lowest BCUT2D eigenvalue weighted by molar-refractivity contribution is -0.134. The SMILES string of the molecule is CNc1ccc(C(=O)N2CCN(C(=O)C3CCCN3)CC2)c(Cl)c1.COCCN=C(C)/C(=C(/C)N)c1ccc(-c2cnc(C=O)n2C)c(F)c1F. The molecule has 2 fully saturated rings. The van der Waals surface area contributed by atoms with Crippen molar-refractivity contribution in [1.82, 2.24) is 24.7 Å². The second-order valence-corrected chi connectivity index (χ2v) is 12.6. The first-order chi connectivity index (χ1) is 24.4. The first-order valence-corrected chi connectivity index (χ1v) is 17.0. The van der Waals surface area contributed by atoms with Gasteiger partial charge in [0.05, 0.1) is 41.7 Å². The zero-order chi connectivity index (χ0) is 37.2. The second kappa shape index (κ2) is 18.0. The maximum absolute atomic E-state index is 14.9. The summed E-state index contributed by atoms with van der Waals surface area (Å²) in [6.07, 6.45) is 3.83. The molecule has 2 aliphatic heterocycles. The molecule has 0 radical (unpaired) electrons. The number of aliphatic imine (C=N–C) groups is 1. The molecule has 15 heteroatoms. The van der Waals surface area contributed by atoms with E-state index in [0.29, 0.717) is 78.9 Å². The highest BCUT2D eigenvalue weighted by Gasteiger charge is 2.31. The molecule has 274 valence electrons. The second-order valence-electron chi connectivity index (χ2n) is 12.2. The Morgan fingerprint density at radius 3 is 2.37 bits per heavy atom. The van der Waals surface area contributed by atoms with Gasteiger partial charge in [-0.1, -0.05) is 17.7 Å². The van der Waals surface area contributed by atoms with E-state index in [1.807, 2.05) is 18.0 Å². The molecule has 2 saturated heterocycles. The number of aldehydes is 1. The number of halogens is 3. The summed E-state index contributed by atoms with van der Waals surface area (Å²) in [5, 5.41) is 6.68. The van der Waals surface area contributed by atoms with Crippen molar-refractivity contribution in [3.8, 4) is 11.3 Å². The topological polar surface area (TPSA) is 147 Å². The summed E-state index contributed by atoms with van der Waals surface area (Å²) in [5.74, 6) is -1.88. The lowest BCUT2D eigenvalue weighted by Crippen LogP contribution is -2.54. The Morgan fingerprint density at radius 2 is 1.80 bits per heavy atom. The normalized spacial score (nSPS) is 16.7. The monoisotopic (exact) mass is 726 g/mol. The van der Waals surface area contributed by atoms with Crippen LogP contribution in [0, 0.1) is 11.6 Å². The van der Waals surface area contributed by atoms with Crippen LogP contribution in [0.25, 0.3) is 16.8 Å². The van der Waals surface area contributed by atoms with E-state index in [1.165, 1.54) is 22.9 Å². The molecule has 51 heavy (non-hydrogen) atoms. The number of hydrogen-bond acceptors (Lipinski definition) is 9. The number of rotatable bonds is 10. The summed E-state index contributed by atoms with van der Waals surface area (Å²) in [5.41, 5.74) is 8.76. The molecule has 0 spiro atoms. The largest absolute Gasteiger partial charge is 0.402 e. The number of carbonyl (C=O) groups is 3. The predicted molar refractivity (Wildman–Crippen MR) is 195 cm³/mol. The van der Waals surface area contributed by atoms with E-state index in [9.17, 15) is 23.2 Å². The van der Waals surface area contributed by atoms with Crippen molar-refractivity contribution >= 4 is 46.7 Å². The molecule has 5 rings (SSSR count). The van der Waals surface area contributed by atoms with Crippen LogP contribution in [-0.2, 0) is 16.6 Å². The van der Waals surface area contributed by atoms with E-state index in [1.54, 1.807) is 45.0 Å². The van der Waals surface area contributed by atoms with Gasteiger partial charge in [-0.25, -0.2) is 13.8 Å². The quantitative estimate of drug-likeness (QED) is 0.158. The lowest BCUT2D eigenvalue weighted by Gasteiger charge is -2.36. The van der Waals surface area contributed by atoms with Gasteiger partial charge in [0.25, 0.3) is 5.91 Å². The highest BCUT2D eigenvalue weighted by atomic mass is 35.5. The van der Waals surface area contributed by atoms with Gasteiger partial charge in [-0.15, -0.1) is 0 Å². The molecule has 2 aromatic carbocycles. The van der Waals surface area contributed by atoms with Crippen molar-refractivity contribution in [3.63, 3.8) is 0 Å². The van der Waals surface area contributed by atoms with Crippen LogP contribution in [0.1, 0.15) is 53.2 Å². The molecule has 1 unspecified atom stereocenters. The van der Waals surface area contributed by atoms with Gasteiger partial charge in [-0.2, -0.15) is 0 Å². The standard InChI is InChI=1S/C19H22F2N4O2.C17H23ClN4O2/c1-11(22)17(12(2)23-7-8-27-4)14-6-5-13(18(20)19(14)21)15-9-24-16(10-26)25(15)3;1-19-12-4-5-13(14(18)11-12)16(23)21-7-9-22(10-8-21)17(24)15-3-2-6-20-15/h5-6,9-10H,7-8,22H2,1-4H3;4-5,11,15,19-20H,2-3,6-10H2,1H3/b17-11+,23-12?;. The molecule has 0 bridgehead atoms. The average Bonchev–Trinajstić information content (AvgIpc) is 3.80. The Bertz CT molecular complexity index is 1790. The van der Waals surface area contributed by atoms with Gasteiger partial charge in [-0.05, 0) is 57.5 Å². The molecule has 12 nitrogen and oxygen atoms in total. The van der Waals surface area contributed by atoms with Crippen LogP contribution in [0.4, 0.5) is 14.5 Å². The maximum Gasteiger partial charge on any atom is 0.255 e. The van der Waals surface area contributed by atoms with Crippen LogP contribution in [0.15, 0.2) is 47.2 Å². The Morgan fingerprint density at radius 1 is 1.12 bits per heavy atom. The smallest absolute Gasteiger partial charge is 0.255 e. The van der Waals surface area contributed by atoms with E-state index >= 15 is 0 Å². The highest BCUT2D eigenvalue weighted by molar-refractivity contribution is 6.34. The number of imidazole rings is 1. The predicted octanol–water partition coefficient (Wildman–Crippen LogP) is 4.39. The van der Waals surface area contributed by atoms with Gasteiger partial charge in [0.2, 0.25) is 5.91 Å². The summed E-state index contributed by atoms with van der Waals surface area (Å²) >= 11 is 6.23. The van der Waals surface area contributed by atoms with Gasteiger partial charge in [-0.3, -0.25) is 19.4 Å². The third-order valence-corrected chi connectivity index (χ3v) is 9.20. The molecule has 1 aromatic heterocycles. The van der Waals surface area contributed by atoms with E-state index in [0.717, 1.165) is 25.1 Å². The number of benzene rings is 2. The maximum atomic E-state index is 14.9. The van der Waals surface area contributed by atoms with E-state index in [-0.39, 0.29) is 34.8 Å². The highest BCUT2D eigenvalue weighted by Crippen LogP contribution is 2.31. The van der Waals surface area contributed by atoms with Crippen LogP contribution in [0.5, 0.6) is 0 Å². The van der Waals surface area contributed by atoms with Crippen molar-refractivity contribution in [2.24, 2.45) is 17.8 Å². The molecule has 0 saturated carbocycles. The van der Waals surface area contributed by atoms with Crippen LogP contribution >= 0.6 is 11.6 Å². The molecular formula is C36H45ClF2N8O4. The van der Waals surface area contributed by atoms with Gasteiger partial charge >= 0.3 is 0 Å². The Hall–Kier alpha value is -4.66. The van der Waals surface area contributed by atoms with E-state index < -0.39 is 11.6 Å². The number of ether oxygens (including phenoxy) is 1. The van der Waals surface area contributed by atoms with Crippen molar-refractivity contribution in [2.75, 3.05) is 65.3 Å². The third kappa shape index (κ3) is 9.18. The number of nitrogens with two attached hydrogens (primary N) is 1. The third-order valence-electron chi connectivity index (χ3n) is 8.88. The zero-order valence-corrected chi connectivity index (χ0v) is 30.3. The van der Waals surface area contributed by atoms with Crippen molar-refractivity contribution in [2.45, 2.75) is 32.7 Å². The number of allylic oxidation sites excluding steroid dienone is 2. The van der Waals surface area contributed by atoms with Gasteiger partial charge < -0.3 is 35.5 Å². The molecule has 3 heterocycles. The molecule has 4 N–H and O–H groups in total. The fourth-order valence-corrected chi connectivity index (χ4v) is 6.32. The first kappa shape index (κ1) is 39.1. The summed E-state index contributed by atoms with van der Waals surface area (Å²) < 4.78 is 36.0. The molecule has 3 aromatic rings. The Balaban J connectivity index is 0.000000230. The minimum absolute atomic E-state index is 0.00218. The fraction of sp³-hybridized carbons (Fsp3) is 0.417. The zero-order valence-electron chi connectivity index (χ0n) is 29.6. The van der Waals surface area contributed by atoms with E-state index in [4.69, 9.17) is 22.1 Å². The number of hydrogen-bond donors (Lipinski definition) is 3. The summed E-state index contributed by atoms with van der Waals surface area (Å²) in [6, 6.07) is 8.17. The van der Waals surface area contributed by atoms with Crippen LogP contribution in [-0.4, -0.2) is 109 Å².